The SMILES string of the molecule is COc1ccc(CCN(C)C(=S)Nc2cc(C)ccc2C)cc1OC. The molecular weight excluding hydrogens is 332 g/mol. The van der Waals surface area contributed by atoms with Gasteiger partial charge in [0.05, 0.1) is 14.2 Å². The third-order valence-corrected chi connectivity index (χ3v) is 4.58. The maximum Gasteiger partial charge on any atom is 0.173 e. The summed E-state index contributed by atoms with van der Waals surface area (Å²) in [6.07, 6.45) is 0.867. The number of hydrogen-bond acceptors (Lipinski definition) is 3. The van der Waals surface area contributed by atoms with Gasteiger partial charge in [0.25, 0.3) is 0 Å². The van der Waals surface area contributed by atoms with Crippen molar-refractivity contribution in [2.45, 2.75) is 20.3 Å². The molecule has 0 aliphatic heterocycles. The second-order valence-electron chi connectivity index (χ2n) is 6.11. The van der Waals surface area contributed by atoms with E-state index in [4.69, 9.17) is 21.7 Å². The van der Waals surface area contributed by atoms with Crippen LogP contribution in [-0.2, 0) is 6.42 Å². The van der Waals surface area contributed by atoms with Crippen LogP contribution in [-0.4, -0.2) is 37.8 Å². The summed E-state index contributed by atoms with van der Waals surface area (Å²) < 4.78 is 10.6. The van der Waals surface area contributed by atoms with E-state index in [1.807, 2.05) is 24.1 Å². The van der Waals surface area contributed by atoms with Crippen LogP contribution in [0.3, 0.4) is 0 Å². The molecule has 0 aliphatic rings. The zero-order valence-electron chi connectivity index (χ0n) is 15.6. The molecule has 0 radical (unpaired) electrons. The average Bonchev–Trinajstić information content (AvgIpc) is 2.62. The number of methoxy groups -OCH3 is 2. The van der Waals surface area contributed by atoms with Gasteiger partial charge in [0.2, 0.25) is 0 Å². The Morgan fingerprint density at radius 3 is 2.44 bits per heavy atom. The Hall–Kier alpha value is -2.27. The van der Waals surface area contributed by atoms with Crippen LogP contribution >= 0.6 is 12.2 Å². The van der Waals surface area contributed by atoms with E-state index in [1.165, 1.54) is 16.7 Å². The first kappa shape index (κ1) is 19.1. The number of rotatable bonds is 6. The minimum atomic E-state index is 0.717. The molecule has 4 nitrogen and oxygen atoms in total. The molecule has 0 fully saturated rings. The highest BCUT2D eigenvalue weighted by atomic mass is 32.1. The van der Waals surface area contributed by atoms with Gasteiger partial charge in [-0.05, 0) is 67.4 Å². The van der Waals surface area contributed by atoms with Gasteiger partial charge in [0, 0.05) is 19.3 Å². The van der Waals surface area contributed by atoms with Crippen LogP contribution in [0.4, 0.5) is 5.69 Å². The lowest BCUT2D eigenvalue weighted by Crippen LogP contribution is -2.33. The topological polar surface area (TPSA) is 33.7 Å². The average molecular weight is 359 g/mol. The summed E-state index contributed by atoms with van der Waals surface area (Å²) in [5, 5.41) is 4.06. The standard InChI is InChI=1S/C20H26N2O2S/c1-14-6-7-15(2)17(12-14)21-20(25)22(3)11-10-16-8-9-18(23-4)19(13-16)24-5/h6-9,12-13H,10-11H2,1-5H3,(H,21,25). The number of hydrogen-bond donors (Lipinski definition) is 1. The number of likely N-dealkylation sites (N-methyl/N-ethyl adjacent to an activating group) is 1. The van der Waals surface area contributed by atoms with Crippen molar-refractivity contribution >= 4 is 23.0 Å². The van der Waals surface area contributed by atoms with E-state index in [2.05, 4.69) is 43.4 Å². The number of aryl methyl sites for hydroxylation is 2. The highest BCUT2D eigenvalue weighted by Crippen LogP contribution is 2.27. The Kier molecular flexibility index (Phi) is 6.65. The van der Waals surface area contributed by atoms with Gasteiger partial charge in [-0.3, -0.25) is 0 Å². The van der Waals surface area contributed by atoms with E-state index in [1.54, 1.807) is 14.2 Å². The predicted octanol–water partition coefficient (Wildman–Crippen LogP) is 4.19. The van der Waals surface area contributed by atoms with Gasteiger partial charge in [-0.15, -0.1) is 0 Å². The van der Waals surface area contributed by atoms with E-state index >= 15 is 0 Å². The minimum absolute atomic E-state index is 0.717. The minimum Gasteiger partial charge on any atom is -0.493 e. The Morgan fingerprint density at radius 1 is 1.04 bits per heavy atom. The second kappa shape index (κ2) is 8.72. The smallest absolute Gasteiger partial charge is 0.173 e. The van der Waals surface area contributed by atoms with E-state index in [0.29, 0.717) is 5.11 Å². The van der Waals surface area contributed by atoms with Crippen molar-refractivity contribution in [1.29, 1.82) is 0 Å². The van der Waals surface area contributed by atoms with Gasteiger partial charge >= 0.3 is 0 Å². The van der Waals surface area contributed by atoms with Crippen LogP contribution < -0.4 is 14.8 Å². The predicted molar refractivity (Wildman–Crippen MR) is 108 cm³/mol. The summed E-state index contributed by atoms with van der Waals surface area (Å²) >= 11 is 5.54. The lowest BCUT2D eigenvalue weighted by molar-refractivity contribution is 0.354. The number of nitrogens with one attached hydrogen (secondary N) is 1. The third-order valence-electron chi connectivity index (χ3n) is 4.17. The monoisotopic (exact) mass is 358 g/mol. The highest BCUT2D eigenvalue weighted by molar-refractivity contribution is 7.80. The largest absolute Gasteiger partial charge is 0.493 e. The van der Waals surface area contributed by atoms with E-state index in [0.717, 1.165) is 30.2 Å². The van der Waals surface area contributed by atoms with Gasteiger partial charge in [-0.25, -0.2) is 0 Å². The molecule has 0 unspecified atom stereocenters. The molecule has 0 saturated carbocycles. The molecule has 0 aliphatic carbocycles. The van der Waals surface area contributed by atoms with Crippen molar-refractivity contribution in [3.8, 4) is 11.5 Å². The second-order valence-corrected chi connectivity index (χ2v) is 6.50. The Balaban J connectivity index is 1.96. The molecule has 2 aromatic rings. The first-order valence-corrected chi connectivity index (χ1v) is 8.65. The van der Waals surface area contributed by atoms with Crippen molar-refractivity contribution in [1.82, 2.24) is 4.90 Å². The summed E-state index contributed by atoms with van der Waals surface area (Å²) in [6, 6.07) is 12.3. The number of anilines is 1. The zero-order valence-corrected chi connectivity index (χ0v) is 16.4. The molecule has 134 valence electrons. The van der Waals surface area contributed by atoms with E-state index in [-0.39, 0.29) is 0 Å². The lowest BCUT2D eigenvalue weighted by atomic mass is 10.1. The molecule has 0 aromatic heterocycles. The molecule has 0 spiro atoms. The summed E-state index contributed by atoms with van der Waals surface area (Å²) in [7, 11) is 5.29. The number of benzene rings is 2. The van der Waals surface area contributed by atoms with Gasteiger partial charge in [0.1, 0.15) is 0 Å². The molecule has 2 rings (SSSR count). The number of nitrogens with zero attached hydrogens (tertiary/aromatic N) is 1. The molecule has 5 heteroatoms. The van der Waals surface area contributed by atoms with Gasteiger partial charge in [-0.2, -0.15) is 0 Å². The number of ether oxygens (including phenoxy) is 2. The first-order valence-electron chi connectivity index (χ1n) is 8.25. The van der Waals surface area contributed by atoms with Crippen LogP contribution in [0.25, 0.3) is 0 Å². The van der Waals surface area contributed by atoms with Crippen molar-refractivity contribution in [3.05, 3.63) is 53.1 Å². The highest BCUT2D eigenvalue weighted by Gasteiger charge is 2.09. The fourth-order valence-electron chi connectivity index (χ4n) is 2.52. The van der Waals surface area contributed by atoms with Crippen LogP contribution in [0.1, 0.15) is 16.7 Å². The Morgan fingerprint density at radius 2 is 1.76 bits per heavy atom. The normalized spacial score (nSPS) is 10.3. The molecule has 0 amide bonds. The van der Waals surface area contributed by atoms with Gasteiger partial charge in [0.15, 0.2) is 16.6 Å². The molecule has 2 aromatic carbocycles. The maximum atomic E-state index is 5.54. The third kappa shape index (κ3) is 5.10. The quantitative estimate of drug-likeness (QED) is 0.783. The number of thiocarbonyl (C=S) groups is 1. The molecule has 25 heavy (non-hydrogen) atoms. The van der Waals surface area contributed by atoms with Crippen molar-refractivity contribution < 1.29 is 9.47 Å². The van der Waals surface area contributed by atoms with Crippen LogP contribution in [0, 0.1) is 13.8 Å². The van der Waals surface area contributed by atoms with E-state index in [9.17, 15) is 0 Å². The first-order chi connectivity index (χ1) is 11.9. The summed E-state index contributed by atoms with van der Waals surface area (Å²) in [6.45, 7) is 4.97. The molecule has 1 N–H and O–H groups in total. The van der Waals surface area contributed by atoms with Crippen LogP contribution in [0.2, 0.25) is 0 Å². The lowest BCUT2D eigenvalue weighted by Gasteiger charge is -2.22. The summed E-state index contributed by atoms with van der Waals surface area (Å²) in [4.78, 5) is 2.05. The molecule has 0 bridgehead atoms. The zero-order chi connectivity index (χ0) is 18.4. The maximum absolute atomic E-state index is 5.54. The van der Waals surface area contributed by atoms with Gasteiger partial charge in [-0.1, -0.05) is 18.2 Å². The molecule has 0 heterocycles. The Bertz CT molecular complexity index is 746. The van der Waals surface area contributed by atoms with E-state index < -0.39 is 0 Å². The fraction of sp³-hybridized carbons (Fsp3) is 0.350. The summed E-state index contributed by atoms with van der Waals surface area (Å²) in [5.74, 6) is 1.49. The van der Waals surface area contributed by atoms with Crippen molar-refractivity contribution in [2.24, 2.45) is 0 Å². The fourth-order valence-corrected chi connectivity index (χ4v) is 2.72. The van der Waals surface area contributed by atoms with Crippen LogP contribution in [0.15, 0.2) is 36.4 Å². The van der Waals surface area contributed by atoms with Crippen molar-refractivity contribution in [3.63, 3.8) is 0 Å². The van der Waals surface area contributed by atoms with Gasteiger partial charge < -0.3 is 19.7 Å². The molecular formula is C20H26N2O2S. The van der Waals surface area contributed by atoms with Crippen LogP contribution in [0.5, 0.6) is 11.5 Å². The summed E-state index contributed by atoms with van der Waals surface area (Å²) in [5.41, 5.74) is 4.63. The molecule has 0 atom stereocenters. The van der Waals surface area contributed by atoms with Crippen molar-refractivity contribution in [2.75, 3.05) is 33.1 Å². The molecule has 0 saturated heterocycles. The Labute approximate surface area is 155 Å².